The molecule has 1 aromatic carbocycles. The lowest BCUT2D eigenvalue weighted by molar-refractivity contribution is 0.118. The smallest absolute Gasteiger partial charge is 0.0672 e. The van der Waals surface area contributed by atoms with E-state index in [-0.39, 0.29) is 5.92 Å². The molecule has 0 spiro atoms. The Balaban J connectivity index is 2.11. The minimum atomic E-state index is 0.180. The van der Waals surface area contributed by atoms with Gasteiger partial charge < -0.3 is 0 Å². The van der Waals surface area contributed by atoms with Crippen LogP contribution in [-0.2, 0) is 0 Å². The van der Waals surface area contributed by atoms with Gasteiger partial charge in [0.1, 0.15) is 0 Å². The number of nitrogens with zero attached hydrogens (tertiary/aromatic N) is 2. The number of thioether (sulfide) groups is 1. The predicted molar refractivity (Wildman–Crippen MR) is 91.5 cm³/mol. The van der Waals surface area contributed by atoms with E-state index in [1.807, 2.05) is 11.8 Å². The monoisotopic (exact) mass is 302 g/mol. The Morgan fingerprint density at radius 2 is 2.05 bits per heavy atom. The van der Waals surface area contributed by atoms with Gasteiger partial charge in [-0.15, -0.1) is 0 Å². The topological polar surface area (TPSA) is 27.0 Å². The molecule has 4 atom stereocenters. The summed E-state index contributed by atoms with van der Waals surface area (Å²) in [5.41, 5.74) is 1.44. The maximum atomic E-state index is 9.50. The summed E-state index contributed by atoms with van der Waals surface area (Å²) < 4.78 is 0. The fraction of sp³-hybridized carbons (Fsp3) is 0.611. The highest BCUT2D eigenvalue weighted by Gasteiger charge is 2.35. The summed E-state index contributed by atoms with van der Waals surface area (Å²) in [5, 5.41) is 9.50. The third kappa shape index (κ3) is 4.02. The van der Waals surface area contributed by atoms with E-state index in [9.17, 15) is 5.26 Å². The van der Waals surface area contributed by atoms with Gasteiger partial charge in [0.15, 0.2) is 0 Å². The molecule has 4 unspecified atom stereocenters. The third-order valence-electron chi connectivity index (χ3n) is 4.88. The molecule has 0 bridgehead atoms. The largest absolute Gasteiger partial charge is 0.299 e. The van der Waals surface area contributed by atoms with Crippen molar-refractivity contribution < 1.29 is 0 Å². The van der Waals surface area contributed by atoms with E-state index in [4.69, 9.17) is 0 Å². The lowest BCUT2D eigenvalue weighted by Gasteiger charge is -2.41. The van der Waals surface area contributed by atoms with Crippen LogP contribution in [0.1, 0.15) is 37.7 Å². The normalized spacial score (nSPS) is 27.3. The van der Waals surface area contributed by atoms with Crippen molar-refractivity contribution in [2.45, 2.75) is 44.2 Å². The molecule has 1 fully saturated rings. The Labute approximate surface area is 133 Å². The zero-order valence-electron chi connectivity index (χ0n) is 13.3. The highest BCUT2D eigenvalue weighted by Crippen LogP contribution is 2.38. The number of hydrogen-bond donors (Lipinski definition) is 0. The number of benzene rings is 1. The second kappa shape index (κ2) is 7.87. The second-order valence-electron chi connectivity index (χ2n) is 6.19. The first kappa shape index (κ1) is 16.4. The summed E-state index contributed by atoms with van der Waals surface area (Å²) in [6.45, 7) is 2.27. The fourth-order valence-electron chi connectivity index (χ4n) is 3.46. The van der Waals surface area contributed by atoms with E-state index in [1.165, 1.54) is 5.56 Å². The minimum Gasteiger partial charge on any atom is -0.299 e. The Hall–Kier alpha value is -0.980. The average molecular weight is 302 g/mol. The summed E-state index contributed by atoms with van der Waals surface area (Å²) in [7, 11) is 2.20. The van der Waals surface area contributed by atoms with Gasteiger partial charge in [0, 0.05) is 17.8 Å². The van der Waals surface area contributed by atoms with E-state index >= 15 is 0 Å². The average Bonchev–Trinajstić information content (AvgIpc) is 2.54. The van der Waals surface area contributed by atoms with E-state index in [2.05, 4.69) is 61.5 Å². The molecule has 0 saturated heterocycles. The number of rotatable bonds is 5. The van der Waals surface area contributed by atoms with Crippen molar-refractivity contribution in [2.24, 2.45) is 5.92 Å². The van der Waals surface area contributed by atoms with E-state index in [0.717, 1.165) is 25.0 Å². The van der Waals surface area contributed by atoms with Crippen LogP contribution in [-0.4, -0.2) is 36.0 Å². The van der Waals surface area contributed by atoms with Crippen molar-refractivity contribution in [3.63, 3.8) is 0 Å². The molecule has 2 nitrogen and oxygen atoms in total. The van der Waals surface area contributed by atoms with Crippen LogP contribution in [0.5, 0.6) is 0 Å². The van der Waals surface area contributed by atoms with Crippen molar-refractivity contribution in [1.29, 1.82) is 5.26 Å². The maximum Gasteiger partial charge on any atom is 0.0672 e. The lowest BCUT2D eigenvalue weighted by atomic mass is 9.75. The molecule has 0 amide bonds. The van der Waals surface area contributed by atoms with Crippen LogP contribution in [0.2, 0.25) is 0 Å². The van der Waals surface area contributed by atoms with Crippen LogP contribution >= 0.6 is 11.8 Å². The fourth-order valence-corrected chi connectivity index (χ4v) is 4.18. The summed E-state index contributed by atoms with van der Waals surface area (Å²) >= 11 is 1.88. The summed E-state index contributed by atoms with van der Waals surface area (Å²) in [4.78, 5) is 2.44. The van der Waals surface area contributed by atoms with Crippen LogP contribution in [0.4, 0.5) is 0 Å². The highest BCUT2D eigenvalue weighted by atomic mass is 32.2. The molecule has 0 N–H and O–H groups in total. The quantitative estimate of drug-likeness (QED) is 0.817. The molecular formula is C18H26N2S. The molecule has 1 aliphatic rings. The van der Waals surface area contributed by atoms with Gasteiger partial charge in [0.2, 0.25) is 0 Å². The number of nitriles is 1. The standard InChI is InChI=1S/C18H26N2S/c1-14(13-21-3)20(2)18-11-16(9-10-17(18)12-19)15-7-5-4-6-8-15/h4-8,14,16-18H,9-11,13H2,1-3H3. The van der Waals surface area contributed by atoms with Gasteiger partial charge in [0.05, 0.1) is 12.0 Å². The zero-order chi connectivity index (χ0) is 15.2. The lowest BCUT2D eigenvalue weighted by Crippen LogP contribution is -2.46. The van der Waals surface area contributed by atoms with Crippen molar-refractivity contribution in [2.75, 3.05) is 19.1 Å². The second-order valence-corrected chi connectivity index (χ2v) is 7.10. The Kier molecular flexibility index (Phi) is 6.14. The van der Waals surface area contributed by atoms with Gasteiger partial charge in [-0.2, -0.15) is 17.0 Å². The predicted octanol–water partition coefficient (Wildman–Crippen LogP) is 4.15. The Morgan fingerprint density at radius 1 is 1.33 bits per heavy atom. The molecule has 1 aliphatic carbocycles. The minimum absolute atomic E-state index is 0.180. The Morgan fingerprint density at radius 3 is 2.67 bits per heavy atom. The molecule has 114 valence electrons. The van der Waals surface area contributed by atoms with Gasteiger partial charge >= 0.3 is 0 Å². The van der Waals surface area contributed by atoms with Crippen molar-refractivity contribution in [1.82, 2.24) is 4.90 Å². The molecule has 0 radical (unpaired) electrons. The molecule has 1 aromatic rings. The van der Waals surface area contributed by atoms with Gasteiger partial charge in [-0.25, -0.2) is 0 Å². The van der Waals surface area contributed by atoms with Crippen molar-refractivity contribution >= 4 is 11.8 Å². The molecule has 0 aliphatic heterocycles. The first-order valence-corrected chi connectivity index (χ1v) is 9.22. The van der Waals surface area contributed by atoms with E-state index < -0.39 is 0 Å². The first-order chi connectivity index (χ1) is 10.2. The molecule has 21 heavy (non-hydrogen) atoms. The van der Waals surface area contributed by atoms with Gasteiger partial charge in [-0.05, 0) is 51.0 Å². The molecule has 2 rings (SSSR count). The van der Waals surface area contributed by atoms with Crippen LogP contribution in [0.25, 0.3) is 0 Å². The number of hydrogen-bond acceptors (Lipinski definition) is 3. The molecule has 0 heterocycles. The maximum absolute atomic E-state index is 9.50. The summed E-state index contributed by atoms with van der Waals surface area (Å²) in [6.07, 6.45) is 5.43. The SMILES string of the molecule is CSCC(C)N(C)C1CC(c2ccccc2)CCC1C#N. The van der Waals surface area contributed by atoms with Gasteiger partial charge in [-0.3, -0.25) is 4.90 Å². The highest BCUT2D eigenvalue weighted by molar-refractivity contribution is 7.98. The zero-order valence-corrected chi connectivity index (χ0v) is 14.1. The van der Waals surface area contributed by atoms with Gasteiger partial charge in [-0.1, -0.05) is 30.3 Å². The molecule has 1 saturated carbocycles. The molecular weight excluding hydrogens is 276 g/mol. The van der Waals surface area contributed by atoms with Crippen LogP contribution in [0.3, 0.4) is 0 Å². The third-order valence-corrected chi connectivity index (χ3v) is 5.70. The summed E-state index contributed by atoms with van der Waals surface area (Å²) in [5.74, 6) is 1.91. The van der Waals surface area contributed by atoms with E-state index in [0.29, 0.717) is 18.0 Å². The van der Waals surface area contributed by atoms with E-state index in [1.54, 1.807) is 0 Å². The van der Waals surface area contributed by atoms with Crippen LogP contribution in [0.15, 0.2) is 30.3 Å². The van der Waals surface area contributed by atoms with Crippen molar-refractivity contribution in [3.8, 4) is 6.07 Å². The van der Waals surface area contributed by atoms with Crippen molar-refractivity contribution in [3.05, 3.63) is 35.9 Å². The van der Waals surface area contributed by atoms with Crippen LogP contribution in [0, 0.1) is 17.2 Å². The molecule has 0 aromatic heterocycles. The summed E-state index contributed by atoms with van der Waals surface area (Å²) in [6, 6.07) is 14.3. The van der Waals surface area contributed by atoms with Gasteiger partial charge in [0.25, 0.3) is 0 Å². The first-order valence-electron chi connectivity index (χ1n) is 7.82. The van der Waals surface area contributed by atoms with Crippen LogP contribution < -0.4 is 0 Å². The molecule has 3 heteroatoms. The Bertz CT molecular complexity index is 468.